The van der Waals surface area contributed by atoms with Gasteiger partial charge in [-0.05, 0) is 40.5 Å². The van der Waals surface area contributed by atoms with E-state index in [4.69, 9.17) is 5.73 Å². The monoisotopic (exact) mass is 310 g/mol. The minimum Gasteiger partial charge on any atom is -0.325 e. The molecule has 6 heteroatoms. The summed E-state index contributed by atoms with van der Waals surface area (Å²) in [6, 6.07) is 3.82. The number of amides is 1. The van der Waals surface area contributed by atoms with Gasteiger partial charge >= 0.3 is 0 Å². The lowest BCUT2D eigenvalue weighted by molar-refractivity contribution is -0.117. The first-order chi connectivity index (χ1) is 7.04. The Morgan fingerprint density at radius 2 is 2.25 bits per heavy atom. The Labute approximate surface area is 108 Å². The van der Waals surface area contributed by atoms with Crippen LogP contribution >= 0.6 is 28.3 Å². The molecule has 0 aliphatic heterocycles. The lowest BCUT2D eigenvalue weighted by atomic mass is 10.2. The van der Waals surface area contributed by atoms with Crippen molar-refractivity contribution in [1.29, 1.82) is 0 Å². The van der Waals surface area contributed by atoms with E-state index in [1.165, 1.54) is 12.1 Å². The average molecular weight is 312 g/mol. The number of carbonyl (C=O) groups is 1. The molecule has 3 nitrogen and oxygen atoms in total. The number of halogens is 3. The zero-order chi connectivity index (χ0) is 11.4. The normalized spacial score (nSPS) is 11.5. The van der Waals surface area contributed by atoms with Gasteiger partial charge in [0, 0.05) is 5.69 Å². The van der Waals surface area contributed by atoms with Crippen LogP contribution in [0, 0.1) is 5.82 Å². The first kappa shape index (κ1) is 15.3. The molecule has 0 radical (unpaired) electrons. The highest BCUT2D eigenvalue weighted by atomic mass is 79.9. The molecule has 16 heavy (non-hydrogen) atoms. The van der Waals surface area contributed by atoms with Gasteiger partial charge < -0.3 is 11.1 Å². The van der Waals surface area contributed by atoms with Crippen molar-refractivity contribution in [3.05, 3.63) is 28.5 Å². The van der Waals surface area contributed by atoms with Crippen LogP contribution in [-0.2, 0) is 4.79 Å². The molecule has 0 aromatic heterocycles. The molecular weight excluding hydrogens is 298 g/mol. The SMILES string of the molecule is CC[C@H](N)C(=O)Nc1ccc(Br)c(F)c1.Cl. The van der Waals surface area contributed by atoms with Crippen LogP contribution in [-0.4, -0.2) is 11.9 Å². The summed E-state index contributed by atoms with van der Waals surface area (Å²) in [5.74, 6) is -0.725. The molecule has 1 aromatic carbocycles. The smallest absolute Gasteiger partial charge is 0.241 e. The van der Waals surface area contributed by atoms with Crippen LogP contribution in [0.3, 0.4) is 0 Å². The minimum absolute atomic E-state index is 0. The van der Waals surface area contributed by atoms with Gasteiger partial charge in [-0.1, -0.05) is 6.92 Å². The standard InChI is InChI=1S/C10H12BrFN2O.ClH/c1-2-9(13)10(15)14-6-3-4-7(11)8(12)5-6;/h3-5,9H,2,13H2,1H3,(H,14,15);1H/t9-;/m0./s1. The Kier molecular flexibility index (Phi) is 6.55. The molecule has 0 bridgehead atoms. The minimum atomic E-state index is -0.559. The number of carbonyl (C=O) groups excluding carboxylic acids is 1. The predicted octanol–water partition coefficient (Wildman–Crippen LogP) is 2.69. The van der Waals surface area contributed by atoms with E-state index in [1.807, 2.05) is 6.92 Å². The van der Waals surface area contributed by atoms with E-state index in [0.29, 0.717) is 16.6 Å². The maximum Gasteiger partial charge on any atom is 0.241 e. The van der Waals surface area contributed by atoms with Crippen LogP contribution in [0.2, 0.25) is 0 Å². The number of benzene rings is 1. The Morgan fingerprint density at radius 3 is 2.75 bits per heavy atom. The largest absolute Gasteiger partial charge is 0.325 e. The summed E-state index contributed by atoms with van der Waals surface area (Å²) >= 11 is 3.03. The molecule has 0 aliphatic rings. The van der Waals surface area contributed by atoms with Crippen LogP contribution in [0.15, 0.2) is 22.7 Å². The molecule has 1 aromatic rings. The lowest BCUT2D eigenvalue weighted by Crippen LogP contribution is -2.34. The van der Waals surface area contributed by atoms with Gasteiger partial charge in [0.25, 0.3) is 0 Å². The van der Waals surface area contributed by atoms with Gasteiger partial charge in [-0.2, -0.15) is 0 Å². The molecular formula is C10H13BrClFN2O. The number of rotatable bonds is 3. The van der Waals surface area contributed by atoms with Crippen LogP contribution < -0.4 is 11.1 Å². The third kappa shape index (κ3) is 4.08. The Bertz CT molecular complexity index is 376. The van der Waals surface area contributed by atoms with E-state index >= 15 is 0 Å². The molecule has 0 saturated heterocycles. The second-order valence-electron chi connectivity index (χ2n) is 3.13. The number of hydrogen-bond acceptors (Lipinski definition) is 2. The van der Waals surface area contributed by atoms with E-state index in [0.717, 1.165) is 0 Å². The van der Waals surface area contributed by atoms with Crippen molar-refractivity contribution in [2.45, 2.75) is 19.4 Å². The van der Waals surface area contributed by atoms with E-state index in [9.17, 15) is 9.18 Å². The van der Waals surface area contributed by atoms with E-state index in [-0.39, 0.29) is 18.3 Å². The fourth-order valence-electron chi connectivity index (χ4n) is 0.994. The molecule has 0 unspecified atom stereocenters. The lowest BCUT2D eigenvalue weighted by Gasteiger charge is -2.10. The topological polar surface area (TPSA) is 55.1 Å². The maximum absolute atomic E-state index is 13.1. The van der Waals surface area contributed by atoms with Gasteiger partial charge in [0.15, 0.2) is 0 Å². The van der Waals surface area contributed by atoms with Crippen molar-refractivity contribution in [3.63, 3.8) is 0 Å². The summed E-state index contributed by atoms with van der Waals surface area (Å²) in [6.45, 7) is 1.81. The zero-order valence-electron chi connectivity index (χ0n) is 8.67. The average Bonchev–Trinajstić information content (AvgIpc) is 2.22. The van der Waals surface area contributed by atoms with Crippen LogP contribution in [0.1, 0.15) is 13.3 Å². The third-order valence-corrected chi connectivity index (χ3v) is 2.61. The zero-order valence-corrected chi connectivity index (χ0v) is 11.1. The van der Waals surface area contributed by atoms with E-state index in [2.05, 4.69) is 21.2 Å². The Hall–Kier alpha value is -0.650. The molecule has 90 valence electrons. The second-order valence-corrected chi connectivity index (χ2v) is 3.99. The molecule has 0 saturated carbocycles. The quantitative estimate of drug-likeness (QED) is 0.902. The molecule has 3 N–H and O–H groups in total. The molecule has 0 fully saturated rings. The summed E-state index contributed by atoms with van der Waals surface area (Å²) in [7, 11) is 0. The van der Waals surface area contributed by atoms with Crippen LogP contribution in [0.4, 0.5) is 10.1 Å². The summed E-state index contributed by atoms with van der Waals surface area (Å²) in [5.41, 5.74) is 5.92. The van der Waals surface area contributed by atoms with Crippen molar-refractivity contribution >= 4 is 39.9 Å². The predicted molar refractivity (Wildman–Crippen MR) is 68.2 cm³/mol. The maximum atomic E-state index is 13.1. The highest BCUT2D eigenvalue weighted by Gasteiger charge is 2.11. The van der Waals surface area contributed by atoms with Crippen LogP contribution in [0.5, 0.6) is 0 Å². The van der Waals surface area contributed by atoms with Crippen molar-refractivity contribution in [3.8, 4) is 0 Å². The molecule has 1 rings (SSSR count). The Balaban J connectivity index is 0.00000225. The molecule has 1 amide bonds. The fraction of sp³-hybridized carbons (Fsp3) is 0.300. The third-order valence-electron chi connectivity index (χ3n) is 1.96. The number of anilines is 1. The summed E-state index contributed by atoms with van der Waals surface area (Å²) < 4.78 is 13.4. The van der Waals surface area contributed by atoms with Gasteiger partial charge in [-0.3, -0.25) is 4.79 Å². The van der Waals surface area contributed by atoms with Gasteiger partial charge in [0.1, 0.15) is 5.82 Å². The van der Waals surface area contributed by atoms with Crippen molar-refractivity contribution < 1.29 is 9.18 Å². The molecule has 1 atom stereocenters. The first-order valence-corrected chi connectivity index (χ1v) is 5.35. The second kappa shape index (κ2) is 6.83. The van der Waals surface area contributed by atoms with Crippen molar-refractivity contribution in [1.82, 2.24) is 0 Å². The summed E-state index contributed by atoms with van der Waals surface area (Å²) in [5, 5.41) is 2.54. The number of hydrogen-bond donors (Lipinski definition) is 2. The highest BCUT2D eigenvalue weighted by molar-refractivity contribution is 9.10. The molecule has 0 aliphatic carbocycles. The Morgan fingerprint density at radius 1 is 1.62 bits per heavy atom. The van der Waals surface area contributed by atoms with Crippen molar-refractivity contribution in [2.24, 2.45) is 5.73 Å². The van der Waals surface area contributed by atoms with Crippen LogP contribution in [0.25, 0.3) is 0 Å². The van der Waals surface area contributed by atoms with E-state index in [1.54, 1.807) is 6.07 Å². The van der Waals surface area contributed by atoms with Gasteiger partial charge in [-0.15, -0.1) is 12.4 Å². The summed E-state index contributed by atoms with van der Waals surface area (Å²) in [4.78, 5) is 11.4. The van der Waals surface area contributed by atoms with E-state index < -0.39 is 11.9 Å². The number of nitrogens with one attached hydrogen (secondary N) is 1. The molecule has 0 spiro atoms. The van der Waals surface area contributed by atoms with Gasteiger partial charge in [-0.25, -0.2) is 4.39 Å². The molecule has 0 heterocycles. The van der Waals surface area contributed by atoms with Gasteiger partial charge in [0.05, 0.1) is 10.5 Å². The first-order valence-electron chi connectivity index (χ1n) is 4.56. The summed E-state index contributed by atoms with van der Waals surface area (Å²) in [6.07, 6.45) is 0.546. The number of nitrogens with two attached hydrogens (primary N) is 1. The fourth-order valence-corrected chi connectivity index (χ4v) is 1.24. The highest BCUT2D eigenvalue weighted by Crippen LogP contribution is 2.19. The van der Waals surface area contributed by atoms with Crippen molar-refractivity contribution in [2.75, 3.05) is 5.32 Å². The van der Waals surface area contributed by atoms with Gasteiger partial charge in [0.2, 0.25) is 5.91 Å².